The van der Waals surface area contributed by atoms with E-state index in [2.05, 4.69) is 11.1 Å². The number of sulfonamides is 1. The first-order valence-corrected chi connectivity index (χ1v) is 12.4. The third kappa shape index (κ3) is 3.63. The summed E-state index contributed by atoms with van der Waals surface area (Å²) in [4.78, 5) is 19.1. The normalized spacial score (nSPS) is 21.7. The topological polar surface area (TPSA) is 93.4 Å². The summed E-state index contributed by atoms with van der Waals surface area (Å²) < 4.78 is 38.2. The predicted molar refractivity (Wildman–Crippen MR) is 124 cm³/mol. The first kappa shape index (κ1) is 21.7. The van der Waals surface area contributed by atoms with Gasteiger partial charge in [-0.2, -0.15) is 0 Å². The average Bonchev–Trinajstić information content (AvgIpc) is 3.31. The lowest BCUT2D eigenvalue weighted by Crippen LogP contribution is -2.41. The lowest BCUT2D eigenvalue weighted by molar-refractivity contribution is -0.122. The van der Waals surface area contributed by atoms with Gasteiger partial charge in [0.25, 0.3) is 0 Å². The molecule has 0 saturated carbocycles. The Morgan fingerprint density at radius 1 is 1.09 bits per heavy atom. The van der Waals surface area contributed by atoms with Gasteiger partial charge in [0.15, 0.2) is 0 Å². The molecular weight excluding hydrogens is 441 g/mol. The third-order valence-corrected chi connectivity index (χ3v) is 7.88. The molecule has 2 N–H and O–H groups in total. The van der Waals surface area contributed by atoms with Gasteiger partial charge in [-0.1, -0.05) is 25.1 Å². The number of carbonyl (C=O) groups is 1. The number of pyridine rings is 1. The van der Waals surface area contributed by atoms with Crippen molar-refractivity contribution < 1.29 is 17.6 Å². The molecule has 8 heteroatoms. The van der Waals surface area contributed by atoms with E-state index in [1.807, 2.05) is 44.2 Å². The summed E-state index contributed by atoms with van der Waals surface area (Å²) in [6.07, 6.45) is 2.94. The highest BCUT2D eigenvalue weighted by Gasteiger charge is 2.41. The maximum atomic E-state index is 14.5. The minimum absolute atomic E-state index is 0.0873. The summed E-state index contributed by atoms with van der Waals surface area (Å²) in [6, 6.07) is 14.1. The molecule has 6 nitrogen and oxygen atoms in total. The highest BCUT2D eigenvalue weighted by Crippen LogP contribution is 2.44. The highest BCUT2D eigenvalue weighted by molar-refractivity contribution is 7.89. The van der Waals surface area contributed by atoms with Crippen molar-refractivity contribution in [1.29, 1.82) is 0 Å². The number of hydrogen-bond donors (Lipinski definition) is 1. The molecule has 0 bridgehead atoms. The van der Waals surface area contributed by atoms with Gasteiger partial charge >= 0.3 is 0 Å². The summed E-state index contributed by atoms with van der Waals surface area (Å²) in [5.41, 5.74) is 5.16. The molecule has 1 aromatic heterocycles. The van der Waals surface area contributed by atoms with Gasteiger partial charge in [-0.05, 0) is 66.8 Å². The quantitative estimate of drug-likeness (QED) is 0.637. The minimum Gasteiger partial charge on any atom is -0.308 e. The van der Waals surface area contributed by atoms with E-state index >= 15 is 0 Å². The van der Waals surface area contributed by atoms with Crippen molar-refractivity contribution in [1.82, 2.24) is 4.98 Å². The van der Waals surface area contributed by atoms with Crippen LogP contribution in [0.2, 0.25) is 0 Å². The number of halogens is 1. The lowest BCUT2D eigenvalue weighted by Gasteiger charge is -2.27. The van der Waals surface area contributed by atoms with Gasteiger partial charge in [-0.15, -0.1) is 0 Å². The number of rotatable bonds is 3. The number of primary sulfonamides is 1. The van der Waals surface area contributed by atoms with E-state index in [0.29, 0.717) is 24.1 Å². The molecule has 1 aliphatic heterocycles. The fraction of sp³-hybridized carbons (Fsp3) is 0.280. The Kier molecular flexibility index (Phi) is 5.10. The van der Waals surface area contributed by atoms with E-state index in [0.717, 1.165) is 22.4 Å². The molecule has 0 radical (unpaired) electrons. The number of carbonyl (C=O) groups excluding carboxylic acids is 1. The Labute approximate surface area is 192 Å². The number of aromatic nitrogens is 1. The van der Waals surface area contributed by atoms with E-state index in [1.54, 1.807) is 11.1 Å². The first-order chi connectivity index (χ1) is 15.6. The Morgan fingerprint density at radius 2 is 1.85 bits per heavy atom. The van der Waals surface area contributed by atoms with Crippen LogP contribution in [0.3, 0.4) is 0 Å². The number of amides is 1. The molecule has 2 heterocycles. The lowest BCUT2D eigenvalue weighted by atomic mass is 9.98. The van der Waals surface area contributed by atoms with E-state index < -0.39 is 20.7 Å². The van der Waals surface area contributed by atoms with Crippen LogP contribution in [-0.4, -0.2) is 25.4 Å². The zero-order chi connectivity index (χ0) is 23.5. The van der Waals surface area contributed by atoms with Crippen molar-refractivity contribution in [3.63, 3.8) is 0 Å². The van der Waals surface area contributed by atoms with Crippen LogP contribution in [-0.2, 0) is 27.7 Å². The van der Waals surface area contributed by atoms with Crippen molar-refractivity contribution in [2.24, 2.45) is 11.1 Å². The van der Waals surface area contributed by atoms with Gasteiger partial charge < -0.3 is 4.90 Å². The van der Waals surface area contributed by atoms with Crippen molar-refractivity contribution in [2.75, 3.05) is 4.90 Å². The molecule has 170 valence electrons. The Morgan fingerprint density at radius 3 is 2.55 bits per heavy atom. The van der Waals surface area contributed by atoms with E-state index in [9.17, 15) is 17.6 Å². The maximum Gasteiger partial charge on any atom is 0.241 e. The molecule has 2 aliphatic rings. The van der Waals surface area contributed by atoms with Gasteiger partial charge in [0, 0.05) is 35.3 Å². The predicted octanol–water partition coefficient (Wildman–Crippen LogP) is 3.79. The fourth-order valence-corrected chi connectivity index (χ4v) is 5.66. The van der Waals surface area contributed by atoms with Crippen LogP contribution >= 0.6 is 0 Å². The second-order valence-corrected chi connectivity index (χ2v) is 10.5. The SMILES string of the molecule is CC1c2cc(F)c(S(N)(=O)=O)cc2N(C(=O)C2Cc3ccc(-c4ccccn4)cc3C2)C1C. The molecule has 1 amide bonds. The maximum absolute atomic E-state index is 14.5. The molecule has 3 atom stereocenters. The van der Waals surface area contributed by atoms with Crippen LogP contribution in [0.5, 0.6) is 0 Å². The number of hydrogen-bond acceptors (Lipinski definition) is 4. The van der Waals surface area contributed by atoms with E-state index in [4.69, 9.17) is 5.14 Å². The number of benzene rings is 2. The second kappa shape index (κ2) is 7.74. The first-order valence-electron chi connectivity index (χ1n) is 10.9. The van der Waals surface area contributed by atoms with Crippen molar-refractivity contribution in [3.05, 3.63) is 77.2 Å². The van der Waals surface area contributed by atoms with Crippen LogP contribution in [0.25, 0.3) is 11.3 Å². The fourth-order valence-electron chi connectivity index (χ4n) is 5.05. The Hall–Kier alpha value is -3.10. The van der Waals surface area contributed by atoms with Crippen LogP contribution < -0.4 is 10.0 Å². The molecule has 33 heavy (non-hydrogen) atoms. The molecule has 3 aromatic rings. The smallest absolute Gasteiger partial charge is 0.241 e. The zero-order valence-electron chi connectivity index (χ0n) is 18.3. The zero-order valence-corrected chi connectivity index (χ0v) is 19.1. The van der Waals surface area contributed by atoms with Gasteiger partial charge in [-0.3, -0.25) is 9.78 Å². The monoisotopic (exact) mass is 465 g/mol. The minimum atomic E-state index is -4.25. The van der Waals surface area contributed by atoms with Crippen LogP contribution in [0, 0.1) is 11.7 Å². The third-order valence-electron chi connectivity index (χ3n) is 6.95. The molecule has 1 aliphatic carbocycles. The van der Waals surface area contributed by atoms with Crippen molar-refractivity contribution >= 4 is 21.6 Å². The standard InChI is InChI=1S/C25H24FN3O3S/c1-14-15(2)29(23-13-24(33(27,31)32)21(26)12-20(14)23)25(30)19-9-16-6-7-17(10-18(16)11-19)22-5-3-4-8-28-22/h3-8,10,12-15,19H,9,11H2,1-2H3,(H2,27,31,32). The molecule has 0 fully saturated rings. The van der Waals surface area contributed by atoms with Crippen molar-refractivity contribution in [2.45, 2.75) is 43.5 Å². The van der Waals surface area contributed by atoms with Crippen molar-refractivity contribution in [3.8, 4) is 11.3 Å². The molecule has 0 spiro atoms. The molecule has 5 rings (SSSR count). The van der Waals surface area contributed by atoms with Gasteiger partial charge in [0.05, 0.1) is 5.69 Å². The summed E-state index contributed by atoms with van der Waals surface area (Å²) in [6.45, 7) is 3.81. The number of anilines is 1. The number of nitrogens with zero attached hydrogens (tertiary/aromatic N) is 2. The van der Waals surface area contributed by atoms with Gasteiger partial charge in [0.1, 0.15) is 10.7 Å². The summed E-state index contributed by atoms with van der Waals surface area (Å²) >= 11 is 0. The van der Waals surface area contributed by atoms with E-state index in [-0.39, 0.29) is 23.8 Å². The Bertz CT molecular complexity index is 1380. The van der Waals surface area contributed by atoms with E-state index in [1.165, 1.54) is 12.1 Å². The Balaban J connectivity index is 1.47. The number of nitrogens with two attached hydrogens (primary N) is 1. The van der Waals surface area contributed by atoms with Gasteiger partial charge in [0.2, 0.25) is 15.9 Å². The summed E-state index contributed by atoms with van der Waals surface area (Å²) in [5.74, 6) is -1.38. The van der Waals surface area contributed by atoms with Crippen LogP contribution in [0.15, 0.2) is 59.6 Å². The summed E-state index contributed by atoms with van der Waals surface area (Å²) in [5, 5.41) is 5.21. The average molecular weight is 466 g/mol. The molecule has 3 unspecified atom stereocenters. The largest absolute Gasteiger partial charge is 0.308 e. The molecule has 0 saturated heterocycles. The molecular formula is C25H24FN3O3S. The van der Waals surface area contributed by atoms with Crippen LogP contribution in [0.4, 0.5) is 10.1 Å². The van der Waals surface area contributed by atoms with Crippen LogP contribution in [0.1, 0.15) is 36.5 Å². The highest BCUT2D eigenvalue weighted by atomic mass is 32.2. The van der Waals surface area contributed by atoms with Gasteiger partial charge in [-0.25, -0.2) is 17.9 Å². The summed E-state index contributed by atoms with van der Waals surface area (Å²) in [7, 11) is -4.25. The second-order valence-electron chi connectivity index (χ2n) is 8.93. The number of fused-ring (bicyclic) bond motifs is 2. The molecule has 2 aromatic carbocycles.